The molecule has 0 unspecified atom stereocenters. The smallest absolute Gasteiger partial charge is 0.257 e. The largest absolute Gasteiger partial charge is 0.338 e. The monoisotopic (exact) mass is 390 g/mol. The zero-order valence-corrected chi connectivity index (χ0v) is 16.9. The van der Waals surface area contributed by atoms with Crippen LogP contribution < -0.4 is 5.73 Å². The van der Waals surface area contributed by atoms with E-state index in [1.807, 2.05) is 27.7 Å². The number of likely N-dealkylation sites (tertiary alicyclic amines) is 1. The van der Waals surface area contributed by atoms with Crippen molar-refractivity contribution in [2.45, 2.75) is 52.1 Å². The topological polar surface area (TPSA) is 64.2 Å². The van der Waals surface area contributed by atoms with E-state index in [2.05, 4.69) is 5.10 Å². The summed E-state index contributed by atoms with van der Waals surface area (Å²) < 4.78 is 29.5. The van der Waals surface area contributed by atoms with Crippen molar-refractivity contribution in [2.24, 2.45) is 11.7 Å². The zero-order chi connectivity index (χ0) is 20.6. The SMILES string of the molecule is C[C@H](N)[C@H]1CCCN(C(=O)c2cn(C(C)(C)C)nc2-c2ccc(F)cc2F)C1. The first-order valence-corrected chi connectivity index (χ1v) is 9.68. The maximum absolute atomic E-state index is 14.5. The molecule has 1 fully saturated rings. The molecule has 0 radical (unpaired) electrons. The number of hydrogen-bond acceptors (Lipinski definition) is 3. The average molecular weight is 390 g/mol. The molecule has 0 aliphatic carbocycles. The standard InChI is InChI=1S/C21H28F2N4O/c1-13(24)14-6-5-9-26(11-14)20(28)17-12-27(21(2,3)4)25-19(17)16-8-7-15(22)10-18(16)23/h7-8,10,12-14H,5-6,9,11,24H2,1-4H3/t13-,14-/m0/s1. The lowest BCUT2D eigenvalue weighted by Crippen LogP contribution is -2.45. The Morgan fingerprint density at radius 1 is 1.32 bits per heavy atom. The molecule has 2 atom stereocenters. The summed E-state index contributed by atoms with van der Waals surface area (Å²) in [6, 6.07) is 3.32. The Morgan fingerprint density at radius 3 is 2.64 bits per heavy atom. The fourth-order valence-electron chi connectivity index (χ4n) is 3.55. The number of nitrogens with two attached hydrogens (primary N) is 1. The van der Waals surface area contributed by atoms with Crippen LogP contribution in [0.5, 0.6) is 0 Å². The van der Waals surface area contributed by atoms with Gasteiger partial charge in [0.1, 0.15) is 17.3 Å². The summed E-state index contributed by atoms with van der Waals surface area (Å²) in [5.41, 5.74) is 6.34. The Bertz CT molecular complexity index is 870. The van der Waals surface area contributed by atoms with Crippen LogP contribution in [0.2, 0.25) is 0 Å². The number of aromatic nitrogens is 2. The highest BCUT2D eigenvalue weighted by atomic mass is 19.1. The van der Waals surface area contributed by atoms with E-state index in [9.17, 15) is 13.6 Å². The minimum atomic E-state index is -0.736. The molecule has 1 saturated heterocycles. The molecule has 28 heavy (non-hydrogen) atoms. The first-order valence-electron chi connectivity index (χ1n) is 9.68. The lowest BCUT2D eigenvalue weighted by Gasteiger charge is -2.34. The molecule has 1 aromatic carbocycles. The first-order chi connectivity index (χ1) is 13.1. The fraction of sp³-hybridized carbons (Fsp3) is 0.524. The van der Waals surface area contributed by atoms with Gasteiger partial charge in [0.2, 0.25) is 0 Å². The molecular weight excluding hydrogens is 362 g/mol. The lowest BCUT2D eigenvalue weighted by molar-refractivity contribution is 0.0661. The Kier molecular flexibility index (Phi) is 5.57. The van der Waals surface area contributed by atoms with Crippen molar-refractivity contribution in [1.29, 1.82) is 0 Å². The summed E-state index contributed by atoms with van der Waals surface area (Å²) in [7, 11) is 0. The molecule has 0 bridgehead atoms. The number of rotatable bonds is 3. The van der Waals surface area contributed by atoms with E-state index in [1.165, 1.54) is 12.1 Å². The quantitative estimate of drug-likeness (QED) is 0.867. The molecule has 2 N–H and O–H groups in total. The Labute approximate surface area is 164 Å². The number of amides is 1. The molecule has 1 aliphatic rings. The minimum absolute atomic E-state index is 0.00177. The molecule has 2 heterocycles. The molecular formula is C21H28F2N4O. The summed E-state index contributed by atoms with van der Waals surface area (Å²) >= 11 is 0. The molecule has 152 valence electrons. The number of carbonyl (C=O) groups excluding carboxylic acids is 1. The molecule has 5 nitrogen and oxygen atoms in total. The van der Waals surface area contributed by atoms with E-state index in [0.29, 0.717) is 18.7 Å². The van der Waals surface area contributed by atoms with Crippen LogP contribution >= 0.6 is 0 Å². The minimum Gasteiger partial charge on any atom is -0.338 e. The van der Waals surface area contributed by atoms with E-state index in [0.717, 1.165) is 18.9 Å². The third-order valence-electron chi connectivity index (χ3n) is 5.31. The highest BCUT2D eigenvalue weighted by Crippen LogP contribution is 2.30. The van der Waals surface area contributed by atoms with Crippen LogP contribution in [0.4, 0.5) is 8.78 Å². The zero-order valence-electron chi connectivity index (χ0n) is 16.9. The highest BCUT2D eigenvalue weighted by molar-refractivity contribution is 6.00. The van der Waals surface area contributed by atoms with E-state index < -0.39 is 11.6 Å². The normalized spacial score (nSPS) is 19.0. The van der Waals surface area contributed by atoms with Crippen molar-refractivity contribution in [3.63, 3.8) is 0 Å². The van der Waals surface area contributed by atoms with Gasteiger partial charge in [-0.2, -0.15) is 5.10 Å². The van der Waals surface area contributed by atoms with Crippen LogP contribution in [0.25, 0.3) is 11.3 Å². The second-order valence-corrected chi connectivity index (χ2v) is 8.64. The van der Waals surface area contributed by atoms with Gasteiger partial charge in [-0.15, -0.1) is 0 Å². The van der Waals surface area contributed by atoms with Crippen LogP contribution in [-0.2, 0) is 5.54 Å². The number of benzene rings is 1. The van der Waals surface area contributed by atoms with Crippen molar-refractivity contribution in [1.82, 2.24) is 14.7 Å². The maximum Gasteiger partial charge on any atom is 0.257 e. The van der Waals surface area contributed by atoms with Gasteiger partial charge in [-0.3, -0.25) is 9.48 Å². The van der Waals surface area contributed by atoms with Crippen molar-refractivity contribution in [3.8, 4) is 11.3 Å². The number of piperidine rings is 1. The lowest BCUT2D eigenvalue weighted by atomic mass is 9.91. The van der Waals surface area contributed by atoms with Gasteiger partial charge < -0.3 is 10.6 Å². The van der Waals surface area contributed by atoms with Crippen LogP contribution in [0.15, 0.2) is 24.4 Å². The summed E-state index contributed by atoms with van der Waals surface area (Å²) in [4.78, 5) is 15.1. The number of carbonyl (C=O) groups is 1. The van der Waals surface area contributed by atoms with Crippen LogP contribution in [0.3, 0.4) is 0 Å². The molecule has 0 saturated carbocycles. The van der Waals surface area contributed by atoms with Gasteiger partial charge >= 0.3 is 0 Å². The predicted molar refractivity (Wildman–Crippen MR) is 105 cm³/mol. The Balaban J connectivity index is 2.04. The summed E-state index contributed by atoms with van der Waals surface area (Å²) in [5, 5.41) is 4.49. The molecule has 1 aliphatic heterocycles. The van der Waals surface area contributed by atoms with Crippen LogP contribution in [0.1, 0.15) is 50.9 Å². The Hall–Kier alpha value is -2.28. The predicted octanol–water partition coefficient (Wildman–Crippen LogP) is 3.78. The third kappa shape index (κ3) is 4.09. The van der Waals surface area contributed by atoms with Gasteiger partial charge in [-0.25, -0.2) is 8.78 Å². The van der Waals surface area contributed by atoms with E-state index in [-0.39, 0.29) is 34.7 Å². The average Bonchev–Trinajstić information content (AvgIpc) is 3.06. The van der Waals surface area contributed by atoms with Crippen molar-refractivity contribution >= 4 is 5.91 Å². The van der Waals surface area contributed by atoms with E-state index in [1.54, 1.807) is 15.8 Å². The number of halogens is 2. The van der Waals surface area contributed by atoms with Crippen LogP contribution in [0, 0.1) is 17.6 Å². The molecule has 7 heteroatoms. The second kappa shape index (κ2) is 7.62. The summed E-state index contributed by atoms with van der Waals surface area (Å²) in [5.74, 6) is -1.36. The Morgan fingerprint density at radius 2 is 2.04 bits per heavy atom. The molecule has 1 amide bonds. The first kappa shape index (κ1) is 20.5. The van der Waals surface area contributed by atoms with Gasteiger partial charge in [0.25, 0.3) is 5.91 Å². The van der Waals surface area contributed by atoms with Crippen molar-refractivity contribution in [2.75, 3.05) is 13.1 Å². The third-order valence-corrected chi connectivity index (χ3v) is 5.31. The molecule has 3 rings (SSSR count). The van der Waals surface area contributed by atoms with Gasteiger partial charge in [0.05, 0.1) is 11.1 Å². The van der Waals surface area contributed by atoms with E-state index >= 15 is 0 Å². The number of nitrogens with zero attached hydrogens (tertiary/aromatic N) is 3. The van der Waals surface area contributed by atoms with Crippen LogP contribution in [-0.4, -0.2) is 39.7 Å². The molecule has 2 aromatic rings. The van der Waals surface area contributed by atoms with Gasteiger partial charge in [-0.05, 0) is 58.6 Å². The fourth-order valence-corrected chi connectivity index (χ4v) is 3.55. The number of hydrogen-bond donors (Lipinski definition) is 1. The van der Waals surface area contributed by atoms with Crippen molar-refractivity contribution in [3.05, 3.63) is 41.6 Å². The van der Waals surface area contributed by atoms with Gasteiger partial charge in [-0.1, -0.05) is 0 Å². The molecule has 0 spiro atoms. The maximum atomic E-state index is 14.5. The van der Waals surface area contributed by atoms with Gasteiger partial charge in [0, 0.05) is 37.0 Å². The summed E-state index contributed by atoms with van der Waals surface area (Å²) in [6.07, 6.45) is 3.53. The molecule has 1 aromatic heterocycles. The summed E-state index contributed by atoms with van der Waals surface area (Å²) in [6.45, 7) is 9.01. The van der Waals surface area contributed by atoms with Gasteiger partial charge in [0.15, 0.2) is 0 Å². The highest BCUT2D eigenvalue weighted by Gasteiger charge is 2.31. The second-order valence-electron chi connectivity index (χ2n) is 8.64. The van der Waals surface area contributed by atoms with E-state index in [4.69, 9.17) is 5.73 Å². The van der Waals surface area contributed by atoms with Crippen molar-refractivity contribution < 1.29 is 13.6 Å².